The minimum atomic E-state index is -0.425. The first-order chi connectivity index (χ1) is 9.65. The smallest absolute Gasteiger partial charge is 0.227 e. The van der Waals surface area contributed by atoms with E-state index in [0.717, 1.165) is 25.9 Å². The second kappa shape index (κ2) is 8.20. The molecule has 2 rings (SSSR count). The van der Waals surface area contributed by atoms with Crippen LogP contribution in [0.4, 0.5) is 4.39 Å². The summed E-state index contributed by atoms with van der Waals surface area (Å²) < 4.78 is 18.5. The van der Waals surface area contributed by atoms with E-state index in [0.29, 0.717) is 5.56 Å². The van der Waals surface area contributed by atoms with E-state index in [2.05, 4.69) is 5.32 Å². The molecule has 1 heterocycles. The van der Waals surface area contributed by atoms with Gasteiger partial charge in [-0.3, -0.25) is 4.79 Å². The van der Waals surface area contributed by atoms with Crippen LogP contribution >= 0.6 is 12.4 Å². The highest BCUT2D eigenvalue weighted by Crippen LogP contribution is 2.21. The molecule has 4 nitrogen and oxygen atoms in total. The fraction of sp³-hybridized carbons (Fsp3) is 0.533. The highest BCUT2D eigenvalue weighted by molar-refractivity contribution is 5.85. The van der Waals surface area contributed by atoms with Crippen molar-refractivity contribution in [2.45, 2.75) is 25.3 Å². The number of likely N-dealkylation sites (N-methyl/N-ethyl adjacent to an activating group) is 1. The van der Waals surface area contributed by atoms with Crippen molar-refractivity contribution >= 4 is 18.3 Å². The normalized spacial score (nSPS) is 17.5. The summed E-state index contributed by atoms with van der Waals surface area (Å²) in [5, 5.41) is 3.11. The van der Waals surface area contributed by atoms with E-state index >= 15 is 0 Å². The summed E-state index contributed by atoms with van der Waals surface area (Å²) in [5.41, 5.74) is 0.684. The lowest BCUT2D eigenvalue weighted by Gasteiger charge is -2.24. The standard InChI is InChI=1S/C15H21FN2O2.ClH/c1-17-10-12-4-3-7-18(12)15(19)9-11-5-6-14(20-2)13(16)8-11;/h5-6,8,12,17H,3-4,7,9-10H2,1-2H3;1H. The molecule has 1 amide bonds. The second-order valence-corrected chi connectivity index (χ2v) is 5.09. The molecule has 1 atom stereocenters. The van der Waals surface area contributed by atoms with E-state index in [9.17, 15) is 9.18 Å². The Morgan fingerprint density at radius 1 is 1.52 bits per heavy atom. The van der Waals surface area contributed by atoms with Gasteiger partial charge in [0.1, 0.15) is 0 Å². The summed E-state index contributed by atoms with van der Waals surface area (Å²) in [6, 6.07) is 4.94. The highest BCUT2D eigenvalue weighted by atomic mass is 35.5. The van der Waals surface area contributed by atoms with Crippen molar-refractivity contribution in [3.8, 4) is 5.75 Å². The number of hydrogen-bond donors (Lipinski definition) is 1. The van der Waals surface area contributed by atoms with Gasteiger partial charge in [-0.25, -0.2) is 4.39 Å². The molecule has 1 aromatic carbocycles. The van der Waals surface area contributed by atoms with Gasteiger partial charge in [0.05, 0.1) is 13.5 Å². The van der Waals surface area contributed by atoms with E-state index in [4.69, 9.17) is 4.74 Å². The third kappa shape index (κ3) is 4.32. The maximum absolute atomic E-state index is 13.6. The summed E-state index contributed by atoms with van der Waals surface area (Å²) in [4.78, 5) is 14.2. The van der Waals surface area contributed by atoms with Crippen LogP contribution in [0.25, 0.3) is 0 Å². The van der Waals surface area contributed by atoms with Gasteiger partial charge in [0.25, 0.3) is 0 Å². The van der Waals surface area contributed by atoms with Crippen LogP contribution in [0.5, 0.6) is 5.75 Å². The van der Waals surface area contributed by atoms with Crippen molar-refractivity contribution in [1.82, 2.24) is 10.2 Å². The van der Waals surface area contributed by atoms with E-state index in [1.54, 1.807) is 12.1 Å². The Labute approximate surface area is 131 Å². The van der Waals surface area contributed by atoms with Gasteiger partial charge in [-0.1, -0.05) is 6.07 Å². The lowest BCUT2D eigenvalue weighted by atomic mass is 10.1. The average molecular weight is 317 g/mol. The number of methoxy groups -OCH3 is 1. The van der Waals surface area contributed by atoms with Gasteiger partial charge in [-0.15, -0.1) is 12.4 Å². The number of likely N-dealkylation sites (tertiary alicyclic amines) is 1. The minimum Gasteiger partial charge on any atom is -0.494 e. The molecule has 6 heteroatoms. The van der Waals surface area contributed by atoms with Gasteiger partial charge < -0.3 is 15.0 Å². The summed E-state index contributed by atoms with van der Waals surface area (Å²) in [5.74, 6) is -0.159. The fourth-order valence-corrected chi connectivity index (χ4v) is 2.71. The predicted octanol–water partition coefficient (Wildman–Crippen LogP) is 2.01. The van der Waals surface area contributed by atoms with Crippen molar-refractivity contribution in [2.24, 2.45) is 0 Å². The van der Waals surface area contributed by atoms with Gasteiger partial charge in [-0.05, 0) is 37.6 Å². The Balaban J connectivity index is 0.00000220. The third-order valence-corrected chi connectivity index (χ3v) is 3.71. The number of carbonyl (C=O) groups excluding carboxylic acids is 1. The number of nitrogens with zero attached hydrogens (tertiary/aromatic N) is 1. The highest BCUT2D eigenvalue weighted by Gasteiger charge is 2.27. The number of benzene rings is 1. The molecule has 0 spiro atoms. The van der Waals surface area contributed by atoms with E-state index in [1.807, 2.05) is 11.9 Å². The number of carbonyl (C=O) groups is 1. The summed E-state index contributed by atoms with van der Waals surface area (Å²) in [6.45, 7) is 1.60. The number of ether oxygens (including phenoxy) is 1. The van der Waals surface area contributed by atoms with Gasteiger partial charge in [0.15, 0.2) is 11.6 Å². The van der Waals surface area contributed by atoms with Gasteiger partial charge >= 0.3 is 0 Å². The van der Waals surface area contributed by atoms with E-state index < -0.39 is 5.82 Å². The largest absolute Gasteiger partial charge is 0.494 e. The predicted molar refractivity (Wildman–Crippen MR) is 82.6 cm³/mol. The molecule has 0 radical (unpaired) electrons. The molecule has 1 aliphatic rings. The Morgan fingerprint density at radius 3 is 2.90 bits per heavy atom. The Hall–Kier alpha value is -1.33. The number of amides is 1. The monoisotopic (exact) mass is 316 g/mol. The van der Waals surface area contributed by atoms with E-state index in [1.165, 1.54) is 13.2 Å². The second-order valence-electron chi connectivity index (χ2n) is 5.09. The molecule has 0 bridgehead atoms. The zero-order chi connectivity index (χ0) is 14.5. The van der Waals surface area contributed by atoms with Gasteiger partial charge in [0.2, 0.25) is 5.91 Å². The maximum atomic E-state index is 13.6. The Morgan fingerprint density at radius 2 is 2.29 bits per heavy atom. The SMILES string of the molecule is CNCC1CCCN1C(=O)Cc1ccc(OC)c(F)c1.Cl. The number of rotatable bonds is 5. The van der Waals surface area contributed by atoms with Gasteiger partial charge in [-0.2, -0.15) is 0 Å². The molecule has 1 aliphatic heterocycles. The van der Waals surface area contributed by atoms with Crippen LogP contribution in [0.3, 0.4) is 0 Å². The quantitative estimate of drug-likeness (QED) is 0.903. The maximum Gasteiger partial charge on any atom is 0.227 e. The lowest BCUT2D eigenvalue weighted by molar-refractivity contribution is -0.131. The van der Waals surface area contributed by atoms with Crippen LogP contribution in [-0.2, 0) is 11.2 Å². The molecule has 0 saturated carbocycles. The zero-order valence-electron chi connectivity index (χ0n) is 12.4. The van der Waals surface area contributed by atoms with Crippen molar-refractivity contribution in [3.05, 3.63) is 29.6 Å². The molecule has 1 unspecified atom stereocenters. The van der Waals surface area contributed by atoms with Crippen LogP contribution in [0.2, 0.25) is 0 Å². The number of nitrogens with one attached hydrogen (secondary N) is 1. The molecule has 1 aromatic rings. The molecule has 0 aromatic heterocycles. The topological polar surface area (TPSA) is 41.6 Å². The van der Waals surface area contributed by atoms with Crippen molar-refractivity contribution in [3.63, 3.8) is 0 Å². The molecule has 1 fully saturated rings. The van der Waals surface area contributed by atoms with E-state index in [-0.39, 0.29) is 36.5 Å². The summed E-state index contributed by atoms with van der Waals surface area (Å²) in [7, 11) is 3.32. The molecule has 1 N–H and O–H groups in total. The number of hydrogen-bond acceptors (Lipinski definition) is 3. The van der Waals surface area contributed by atoms with Crippen LogP contribution in [0.1, 0.15) is 18.4 Å². The molecule has 118 valence electrons. The Bertz CT molecular complexity index is 485. The Kier molecular flexibility index (Phi) is 6.92. The van der Waals surface area contributed by atoms with Crippen LogP contribution in [-0.4, -0.2) is 44.1 Å². The molecule has 1 saturated heterocycles. The molecular weight excluding hydrogens is 295 g/mol. The fourth-order valence-electron chi connectivity index (χ4n) is 2.71. The third-order valence-electron chi connectivity index (χ3n) is 3.71. The summed E-state index contributed by atoms with van der Waals surface area (Å²) >= 11 is 0. The van der Waals surface area contributed by atoms with Crippen molar-refractivity contribution < 1.29 is 13.9 Å². The molecular formula is C15H22ClFN2O2. The average Bonchev–Trinajstić information content (AvgIpc) is 2.88. The molecule has 0 aliphatic carbocycles. The first-order valence-electron chi connectivity index (χ1n) is 6.92. The van der Waals surface area contributed by atoms with Crippen LogP contribution < -0.4 is 10.1 Å². The van der Waals surface area contributed by atoms with Crippen molar-refractivity contribution in [1.29, 1.82) is 0 Å². The first-order valence-corrected chi connectivity index (χ1v) is 6.92. The van der Waals surface area contributed by atoms with Crippen LogP contribution in [0, 0.1) is 5.82 Å². The summed E-state index contributed by atoms with van der Waals surface area (Å²) in [6.07, 6.45) is 2.31. The van der Waals surface area contributed by atoms with Gasteiger partial charge in [0, 0.05) is 19.1 Å². The first kappa shape index (κ1) is 17.7. The lowest BCUT2D eigenvalue weighted by Crippen LogP contribution is -2.41. The van der Waals surface area contributed by atoms with Crippen LogP contribution in [0.15, 0.2) is 18.2 Å². The van der Waals surface area contributed by atoms with Crippen molar-refractivity contribution in [2.75, 3.05) is 27.2 Å². The molecule has 21 heavy (non-hydrogen) atoms. The zero-order valence-corrected chi connectivity index (χ0v) is 13.2. The number of halogens is 2. The minimum absolute atomic E-state index is 0.